The molecule has 0 fully saturated rings. The van der Waals surface area contributed by atoms with E-state index in [-0.39, 0.29) is 27.7 Å². The quantitative estimate of drug-likeness (QED) is 0.380. The summed E-state index contributed by atoms with van der Waals surface area (Å²) in [7, 11) is 0. The van der Waals surface area contributed by atoms with E-state index in [9.17, 15) is 9.50 Å². The van der Waals surface area contributed by atoms with E-state index in [0.29, 0.717) is 21.9 Å². The number of hydrogen-bond donors (Lipinski definition) is 3. The minimum atomic E-state index is -0.553. The molecule has 0 saturated heterocycles. The summed E-state index contributed by atoms with van der Waals surface area (Å²) < 4.78 is 33.7. The van der Waals surface area contributed by atoms with Crippen LogP contribution in [0.15, 0.2) is 47.6 Å². The van der Waals surface area contributed by atoms with E-state index < -0.39 is 18.2 Å². The second kappa shape index (κ2) is 8.10. The van der Waals surface area contributed by atoms with Crippen LogP contribution in [0.3, 0.4) is 0 Å². The molecule has 0 bridgehead atoms. The number of aromatic nitrogens is 3. The van der Waals surface area contributed by atoms with Crippen molar-refractivity contribution < 1.29 is 13.9 Å². The van der Waals surface area contributed by atoms with E-state index in [4.69, 9.17) is 17.3 Å². The minimum absolute atomic E-state index is 0.157. The Hall–Kier alpha value is -2.88. The van der Waals surface area contributed by atoms with Gasteiger partial charge in [-0.2, -0.15) is 0 Å². The molecule has 0 atom stereocenters. The van der Waals surface area contributed by atoms with Gasteiger partial charge in [-0.1, -0.05) is 17.7 Å². The number of imidazole rings is 1. The van der Waals surface area contributed by atoms with Crippen molar-refractivity contribution in [3.05, 3.63) is 70.8 Å². The number of hydrogen-bond acceptors (Lipinski definition) is 6. The highest BCUT2D eigenvalue weighted by molar-refractivity contribution is 8.00. The van der Waals surface area contributed by atoms with Crippen molar-refractivity contribution in [3.63, 3.8) is 0 Å². The maximum Gasteiger partial charge on any atom is 0.156 e. The second-order valence-corrected chi connectivity index (χ2v) is 7.67. The Bertz CT molecular complexity index is 1260. The highest BCUT2D eigenvalue weighted by Gasteiger charge is 2.19. The first kappa shape index (κ1) is 20.4. The number of anilines is 2. The molecule has 0 aliphatic rings. The fraction of sp³-hybridized carbons (Fsp3) is 0.100. The van der Waals surface area contributed by atoms with E-state index in [0.717, 1.165) is 18.0 Å². The molecule has 0 radical (unpaired) electrons. The van der Waals surface area contributed by atoms with Crippen LogP contribution in [0.1, 0.15) is 11.4 Å². The Morgan fingerprint density at radius 3 is 2.87 bits per heavy atom. The molecule has 4 N–H and O–H groups in total. The summed E-state index contributed by atoms with van der Waals surface area (Å²) in [5.74, 6) is -0.222. The van der Waals surface area contributed by atoms with Crippen LogP contribution in [0.5, 0.6) is 0 Å². The molecule has 2 aromatic carbocycles. The average Bonchev–Trinajstić information content (AvgIpc) is 3.07. The molecule has 4 rings (SSSR count). The lowest BCUT2D eigenvalue weighted by molar-refractivity contribution is 0.281. The van der Waals surface area contributed by atoms with Gasteiger partial charge < -0.3 is 15.6 Å². The molecule has 0 amide bonds. The lowest BCUT2D eigenvalue weighted by Gasteiger charge is -2.12. The Balaban J connectivity index is 1.71. The molecular weight excluding hydrogens is 432 g/mol. The first-order valence-corrected chi connectivity index (χ1v) is 9.99. The normalized spacial score (nSPS) is 11.2. The third kappa shape index (κ3) is 3.55. The van der Waals surface area contributed by atoms with Crippen molar-refractivity contribution in [3.8, 4) is 11.3 Å². The molecule has 0 unspecified atom stereocenters. The SMILES string of the molecule is Cc1nc(-c2cccc(NSc3cc(F)cc(CO)c3Cl)c2F)c2c(N)nccn12. The zero-order valence-electron chi connectivity index (χ0n) is 15.7. The largest absolute Gasteiger partial charge is 0.392 e. The number of halogens is 3. The fourth-order valence-electron chi connectivity index (χ4n) is 3.11. The van der Waals surface area contributed by atoms with E-state index in [1.807, 2.05) is 0 Å². The molecule has 2 heterocycles. The number of benzene rings is 2. The second-order valence-electron chi connectivity index (χ2n) is 6.45. The van der Waals surface area contributed by atoms with E-state index in [1.165, 1.54) is 6.07 Å². The number of aryl methyl sites for hydroxylation is 1. The summed E-state index contributed by atoms with van der Waals surface area (Å²) in [4.78, 5) is 8.85. The molecule has 4 aromatic rings. The minimum Gasteiger partial charge on any atom is -0.392 e. The van der Waals surface area contributed by atoms with Gasteiger partial charge >= 0.3 is 0 Å². The van der Waals surface area contributed by atoms with Gasteiger partial charge in [0.05, 0.1) is 22.2 Å². The summed E-state index contributed by atoms with van der Waals surface area (Å²) in [6.07, 6.45) is 3.26. The van der Waals surface area contributed by atoms with E-state index in [1.54, 1.807) is 41.9 Å². The molecule has 2 aromatic heterocycles. The zero-order chi connectivity index (χ0) is 21.4. The van der Waals surface area contributed by atoms with Crippen molar-refractivity contribution in [2.24, 2.45) is 0 Å². The third-order valence-electron chi connectivity index (χ3n) is 4.53. The van der Waals surface area contributed by atoms with Crippen LogP contribution in [-0.4, -0.2) is 19.5 Å². The number of nitrogens with one attached hydrogen (secondary N) is 1. The molecule has 0 saturated carbocycles. The monoisotopic (exact) mass is 447 g/mol. The molecule has 30 heavy (non-hydrogen) atoms. The zero-order valence-corrected chi connectivity index (χ0v) is 17.2. The van der Waals surface area contributed by atoms with Crippen molar-refractivity contribution in [2.75, 3.05) is 10.5 Å². The Labute approximate surface area is 179 Å². The van der Waals surface area contributed by atoms with Crippen molar-refractivity contribution in [2.45, 2.75) is 18.4 Å². The number of nitrogens with zero attached hydrogens (tertiary/aromatic N) is 3. The Morgan fingerprint density at radius 2 is 2.10 bits per heavy atom. The van der Waals surface area contributed by atoms with Gasteiger partial charge in [0.25, 0.3) is 0 Å². The van der Waals surface area contributed by atoms with Gasteiger partial charge in [0, 0.05) is 23.5 Å². The number of aliphatic hydroxyl groups excluding tert-OH is 1. The Morgan fingerprint density at radius 1 is 1.30 bits per heavy atom. The summed E-state index contributed by atoms with van der Waals surface area (Å²) in [6.45, 7) is 1.38. The van der Waals surface area contributed by atoms with Crippen LogP contribution >= 0.6 is 23.5 Å². The first-order chi connectivity index (χ1) is 14.4. The van der Waals surface area contributed by atoms with Crippen LogP contribution in [0.25, 0.3) is 16.8 Å². The average molecular weight is 448 g/mol. The smallest absolute Gasteiger partial charge is 0.156 e. The molecule has 0 spiro atoms. The number of rotatable bonds is 5. The molecule has 0 aliphatic carbocycles. The number of nitrogens with two attached hydrogens (primary N) is 1. The summed E-state index contributed by atoms with van der Waals surface area (Å²) in [5, 5.41) is 9.50. The molecular formula is C20H16ClF2N5OS. The maximum atomic E-state index is 15.3. The molecule has 10 heteroatoms. The third-order valence-corrected chi connectivity index (χ3v) is 5.96. The highest BCUT2D eigenvalue weighted by atomic mass is 35.5. The van der Waals surface area contributed by atoms with Crippen LogP contribution in [0, 0.1) is 18.6 Å². The predicted molar refractivity (Wildman–Crippen MR) is 114 cm³/mol. The van der Waals surface area contributed by atoms with Gasteiger partial charge in [0.2, 0.25) is 0 Å². The highest BCUT2D eigenvalue weighted by Crippen LogP contribution is 2.36. The fourth-order valence-corrected chi connectivity index (χ4v) is 4.17. The van der Waals surface area contributed by atoms with Gasteiger partial charge in [-0.15, -0.1) is 0 Å². The predicted octanol–water partition coefficient (Wildman–Crippen LogP) is 4.83. The van der Waals surface area contributed by atoms with Gasteiger partial charge in [-0.05, 0) is 43.1 Å². The number of fused-ring (bicyclic) bond motifs is 1. The first-order valence-electron chi connectivity index (χ1n) is 8.80. The van der Waals surface area contributed by atoms with Gasteiger partial charge in [-0.3, -0.25) is 4.40 Å². The van der Waals surface area contributed by atoms with Crippen LogP contribution in [-0.2, 0) is 6.61 Å². The Kier molecular flexibility index (Phi) is 5.50. The topological polar surface area (TPSA) is 88.5 Å². The molecule has 154 valence electrons. The maximum absolute atomic E-state index is 15.3. The van der Waals surface area contributed by atoms with Crippen LogP contribution in [0.2, 0.25) is 5.02 Å². The van der Waals surface area contributed by atoms with Gasteiger partial charge in [0.15, 0.2) is 5.82 Å². The lowest BCUT2D eigenvalue weighted by Crippen LogP contribution is -1.98. The summed E-state index contributed by atoms with van der Waals surface area (Å²) in [6, 6.07) is 7.16. The molecule has 0 aliphatic heterocycles. The van der Waals surface area contributed by atoms with Gasteiger partial charge in [-0.25, -0.2) is 18.7 Å². The van der Waals surface area contributed by atoms with Crippen LogP contribution < -0.4 is 10.5 Å². The van der Waals surface area contributed by atoms with E-state index in [2.05, 4.69) is 14.7 Å². The van der Waals surface area contributed by atoms with Crippen LogP contribution in [0.4, 0.5) is 20.3 Å². The van der Waals surface area contributed by atoms with Crippen molar-refractivity contribution in [1.29, 1.82) is 0 Å². The molecule has 6 nitrogen and oxygen atoms in total. The van der Waals surface area contributed by atoms with Gasteiger partial charge in [0.1, 0.15) is 28.7 Å². The van der Waals surface area contributed by atoms with Crippen molar-refractivity contribution in [1.82, 2.24) is 14.4 Å². The van der Waals surface area contributed by atoms with Crippen molar-refractivity contribution >= 4 is 40.6 Å². The number of aliphatic hydroxyl groups is 1. The lowest BCUT2D eigenvalue weighted by atomic mass is 10.1. The number of nitrogen functional groups attached to an aromatic ring is 1. The summed E-state index contributed by atoms with van der Waals surface area (Å²) in [5.41, 5.74) is 7.54. The standard InChI is InChI=1S/C20H16ClF2N5OS/c1-10-26-18(19-20(24)25-5-6-28(10)19)13-3-2-4-14(17(13)23)27-30-15-8-12(22)7-11(9-29)16(15)21/h2-8,27,29H,9H2,1H3,(H2,24,25). The summed E-state index contributed by atoms with van der Waals surface area (Å²) >= 11 is 7.12. The van der Waals surface area contributed by atoms with E-state index >= 15 is 4.39 Å².